The Balaban J connectivity index is 1.63. The first kappa shape index (κ1) is 18.1. The molecule has 25 heavy (non-hydrogen) atoms. The monoisotopic (exact) mass is 362 g/mol. The number of fused-ring (bicyclic) bond motifs is 3. The molecule has 7 heteroatoms. The molecule has 0 fully saturated rings. The molecule has 1 aliphatic rings. The number of carbonyl (C=O) groups is 1. The molecule has 3 rings (SSSR count). The van der Waals surface area contributed by atoms with E-state index in [0.29, 0.717) is 19.5 Å². The summed E-state index contributed by atoms with van der Waals surface area (Å²) in [6, 6.07) is 0. The van der Waals surface area contributed by atoms with Crippen molar-refractivity contribution in [3.05, 3.63) is 27.1 Å². The molecule has 2 aromatic heterocycles. The largest absolute Gasteiger partial charge is 0.356 e. The number of hydrogen-bond donors (Lipinski definition) is 1. The van der Waals surface area contributed by atoms with E-state index in [9.17, 15) is 9.59 Å². The van der Waals surface area contributed by atoms with E-state index >= 15 is 0 Å². The van der Waals surface area contributed by atoms with Crippen LogP contribution in [0.3, 0.4) is 0 Å². The number of amides is 1. The molecule has 0 unspecified atom stereocenters. The third kappa shape index (κ3) is 4.27. The molecule has 0 saturated heterocycles. The molecule has 136 valence electrons. The number of rotatable bonds is 7. The summed E-state index contributed by atoms with van der Waals surface area (Å²) in [6.45, 7) is 2.00. The summed E-state index contributed by atoms with van der Waals surface area (Å²) in [5.74, 6) is -0.0156. The van der Waals surface area contributed by atoms with Crippen molar-refractivity contribution in [1.29, 1.82) is 0 Å². The molecule has 6 nitrogen and oxygen atoms in total. The Morgan fingerprint density at radius 1 is 1.36 bits per heavy atom. The van der Waals surface area contributed by atoms with E-state index in [1.54, 1.807) is 22.2 Å². The molecule has 1 aliphatic carbocycles. The Hall–Kier alpha value is -1.73. The lowest BCUT2D eigenvalue weighted by atomic mass is 9.97. The number of hydrogen-bond acceptors (Lipinski definition) is 5. The molecule has 0 bridgehead atoms. The maximum Gasteiger partial charge on any atom is 0.262 e. The van der Waals surface area contributed by atoms with Crippen LogP contribution in [0.1, 0.15) is 36.1 Å². The van der Waals surface area contributed by atoms with E-state index in [1.165, 1.54) is 16.9 Å². The van der Waals surface area contributed by atoms with Gasteiger partial charge >= 0.3 is 0 Å². The molecular weight excluding hydrogens is 336 g/mol. The second-order valence-electron chi connectivity index (χ2n) is 6.89. The van der Waals surface area contributed by atoms with Crippen LogP contribution in [0.15, 0.2) is 11.1 Å². The first-order valence-electron chi connectivity index (χ1n) is 8.97. The lowest BCUT2D eigenvalue weighted by Gasteiger charge is -2.11. The third-order valence-corrected chi connectivity index (χ3v) is 5.83. The highest BCUT2D eigenvalue weighted by Crippen LogP contribution is 2.33. The second-order valence-corrected chi connectivity index (χ2v) is 7.97. The summed E-state index contributed by atoms with van der Waals surface area (Å²) in [5, 5.41) is 3.70. The minimum atomic E-state index is -0.0156. The topological polar surface area (TPSA) is 67.2 Å². The normalized spacial score (nSPS) is 14.0. The molecule has 2 heterocycles. The first-order chi connectivity index (χ1) is 12.1. The number of nitrogens with one attached hydrogen (secondary N) is 1. The minimum absolute atomic E-state index is 0.00445. The van der Waals surface area contributed by atoms with E-state index < -0.39 is 0 Å². The summed E-state index contributed by atoms with van der Waals surface area (Å²) in [5.41, 5.74) is 1.20. The van der Waals surface area contributed by atoms with Crippen molar-refractivity contribution in [3.8, 4) is 0 Å². The van der Waals surface area contributed by atoms with Crippen molar-refractivity contribution in [3.63, 3.8) is 0 Å². The zero-order valence-electron chi connectivity index (χ0n) is 15.0. The Kier molecular flexibility index (Phi) is 5.86. The fourth-order valence-electron chi connectivity index (χ4n) is 3.27. The van der Waals surface area contributed by atoms with E-state index in [-0.39, 0.29) is 11.5 Å². The Morgan fingerprint density at radius 2 is 2.16 bits per heavy atom. The smallest absolute Gasteiger partial charge is 0.262 e. The SMILES string of the molecule is CN(C)CCCNC(=O)CCn1cnc2sc3c(c2c1=O)CCCC3. The van der Waals surface area contributed by atoms with Gasteiger partial charge in [0.05, 0.1) is 11.7 Å². The standard InChI is InChI=1S/C18H26N4O2S/c1-21(2)10-5-9-19-15(23)8-11-22-12-20-17-16(18(22)24)13-6-3-4-7-14(13)25-17/h12H,3-11H2,1-2H3,(H,19,23). The highest BCUT2D eigenvalue weighted by atomic mass is 32.1. The third-order valence-electron chi connectivity index (χ3n) is 4.63. The van der Waals surface area contributed by atoms with Crippen LogP contribution in [0.4, 0.5) is 0 Å². The maximum atomic E-state index is 12.8. The fourth-order valence-corrected chi connectivity index (χ4v) is 4.49. The molecule has 0 aromatic carbocycles. The zero-order chi connectivity index (χ0) is 17.8. The van der Waals surface area contributed by atoms with Crippen molar-refractivity contribution in [2.45, 2.75) is 45.1 Å². The Labute approximate surface area is 151 Å². The minimum Gasteiger partial charge on any atom is -0.356 e. The van der Waals surface area contributed by atoms with Crippen molar-refractivity contribution < 1.29 is 4.79 Å². The molecule has 1 amide bonds. The summed E-state index contributed by atoms with van der Waals surface area (Å²) in [4.78, 5) is 33.5. The van der Waals surface area contributed by atoms with Gasteiger partial charge in [0, 0.05) is 24.4 Å². The average Bonchev–Trinajstić information content (AvgIpc) is 2.97. The lowest BCUT2D eigenvalue weighted by molar-refractivity contribution is -0.121. The van der Waals surface area contributed by atoms with Gasteiger partial charge in [-0.05, 0) is 58.3 Å². The highest BCUT2D eigenvalue weighted by molar-refractivity contribution is 7.18. The van der Waals surface area contributed by atoms with Gasteiger partial charge in [0.15, 0.2) is 0 Å². The molecule has 0 atom stereocenters. The van der Waals surface area contributed by atoms with Gasteiger partial charge in [-0.15, -0.1) is 11.3 Å². The predicted octanol–water partition coefficient (Wildman–Crippen LogP) is 1.79. The molecule has 0 saturated carbocycles. The number of nitrogens with zero attached hydrogens (tertiary/aromatic N) is 3. The molecule has 0 radical (unpaired) electrons. The second kappa shape index (κ2) is 8.10. The molecular formula is C18H26N4O2S. The summed E-state index contributed by atoms with van der Waals surface area (Å²) in [7, 11) is 4.03. The lowest BCUT2D eigenvalue weighted by Crippen LogP contribution is -2.29. The van der Waals surface area contributed by atoms with Crippen LogP contribution in [-0.4, -0.2) is 47.5 Å². The molecule has 1 N–H and O–H groups in total. The van der Waals surface area contributed by atoms with Crippen molar-refractivity contribution in [2.75, 3.05) is 27.2 Å². The van der Waals surface area contributed by atoms with Crippen LogP contribution in [0.2, 0.25) is 0 Å². The van der Waals surface area contributed by atoms with E-state index in [4.69, 9.17) is 0 Å². The molecule has 0 aliphatic heterocycles. The van der Waals surface area contributed by atoms with Gasteiger partial charge in [-0.1, -0.05) is 0 Å². The number of carbonyl (C=O) groups excluding carboxylic acids is 1. The Bertz CT molecular complexity index is 809. The van der Waals surface area contributed by atoms with Gasteiger partial charge < -0.3 is 10.2 Å². The average molecular weight is 362 g/mol. The number of thiophene rings is 1. The molecule has 0 spiro atoms. The van der Waals surface area contributed by atoms with Crippen LogP contribution in [0.25, 0.3) is 10.2 Å². The predicted molar refractivity (Wildman–Crippen MR) is 101 cm³/mol. The van der Waals surface area contributed by atoms with Crippen molar-refractivity contribution in [2.24, 2.45) is 0 Å². The fraction of sp³-hybridized carbons (Fsp3) is 0.611. The first-order valence-corrected chi connectivity index (χ1v) is 9.79. The van der Waals surface area contributed by atoms with E-state index in [2.05, 4.69) is 15.2 Å². The van der Waals surface area contributed by atoms with Gasteiger partial charge in [0.25, 0.3) is 5.56 Å². The van der Waals surface area contributed by atoms with Crippen LogP contribution >= 0.6 is 11.3 Å². The Morgan fingerprint density at radius 3 is 2.96 bits per heavy atom. The zero-order valence-corrected chi connectivity index (χ0v) is 15.8. The summed E-state index contributed by atoms with van der Waals surface area (Å²) in [6.07, 6.45) is 7.19. The van der Waals surface area contributed by atoms with E-state index in [1.807, 2.05) is 14.1 Å². The van der Waals surface area contributed by atoms with Crippen LogP contribution in [-0.2, 0) is 24.2 Å². The number of aromatic nitrogens is 2. The van der Waals surface area contributed by atoms with Crippen LogP contribution in [0.5, 0.6) is 0 Å². The van der Waals surface area contributed by atoms with Gasteiger partial charge in [-0.2, -0.15) is 0 Å². The van der Waals surface area contributed by atoms with Gasteiger partial charge in [-0.25, -0.2) is 4.98 Å². The number of aryl methyl sites for hydroxylation is 3. The van der Waals surface area contributed by atoms with Crippen LogP contribution in [0, 0.1) is 0 Å². The van der Waals surface area contributed by atoms with Crippen molar-refractivity contribution in [1.82, 2.24) is 19.8 Å². The van der Waals surface area contributed by atoms with Gasteiger partial charge in [0.1, 0.15) is 4.83 Å². The summed E-state index contributed by atoms with van der Waals surface area (Å²) >= 11 is 1.66. The maximum absolute atomic E-state index is 12.8. The van der Waals surface area contributed by atoms with Crippen molar-refractivity contribution >= 4 is 27.5 Å². The molecule has 2 aromatic rings. The van der Waals surface area contributed by atoms with E-state index in [0.717, 1.165) is 42.4 Å². The van der Waals surface area contributed by atoms with Gasteiger partial charge in [-0.3, -0.25) is 14.2 Å². The summed E-state index contributed by atoms with van der Waals surface area (Å²) < 4.78 is 1.59. The van der Waals surface area contributed by atoms with Crippen LogP contribution < -0.4 is 10.9 Å². The highest BCUT2D eigenvalue weighted by Gasteiger charge is 2.20. The quantitative estimate of drug-likeness (QED) is 0.763. The van der Waals surface area contributed by atoms with Gasteiger partial charge in [0.2, 0.25) is 5.91 Å².